The minimum Gasteiger partial charge on any atom is -0.340 e. The van der Waals surface area contributed by atoms with Gasteiger partial charge in [-0.15, -0.1) is 0 Å². The first kappa shape index (κ1) is 41.3. The molecule has 0 bridgehead atoms. The summed E-state index contributed by atoms with van der Waals surface area (Å²) in [5, 5.41) is 1.90. The quantitative estimate of drug-likeness (QED) is 0.162. The Hall–Kier alpha value is -3.37. The zero-order chi connectivity index (χ0) is 40.5. The van der Waals surface area contributed by atoms with Crippen molar-refractivity contribution in [2.45, 2.75) is 89.2 Å². The van der Waals surface area contributed by atoms with Crippen LogP contribution >= 0.6 is 11.6 Å². The van der Waals surface area contributed by atoms with Crippen LogP contribution < -0.4 is 4.90 Å². The summed E-state index contributed by atoms with van der Waals surface area (Å²) in [6.07, 6.45) is 18.3. The third kappa shape index (κ3) is 8.09. The summed E-state index contributed by atoms with van der Waals surface area (Å²) in [7, 11) is -13.0. The highest BCUT2D eigenvalue weighted by atomic mass is 35.5. The second-order valence-electron chi connectivity index (χ2n) is 16.1. The van der Waals surface area contributed by atoms with Crippen molar-refractivity contribution in [3.63, 3.8) is 0 Å². The lowest BCUT2D eigenvalue weighted by Gasteiger charge is -2.31. The van der Waals surface area contributed by atoms with E-state index in [0.29, 0.717) is 22.5 Å². The van der Waals surface area contributed by atoms with Gasteiger partial charge in [-0.1, -0.05) is 68.0 Å². The van der Waals surface area contributed by atoms with E-state index in [4.69, 9.17) is 11.6 Å². The van der Waals surface area contributed by atoms with Crippen molar-refractivity contribution < 1.29 is 43.5 Å². The third-order valence-electron chi connectivity index (χ3n) is 11.4. The number of hydrogen-bond acceptors (Lipinski definition) is 7. The predicted octanol–water partition coefficient (Wildman–Crippen LogP) is 7.38. The van der Waals surface area contributed by atoms with Crippen molar-refractivity contribution in [3.05, 3.63) is 106 Å². The molecule has 4 unspecified atom stereocenters. The van der Waals surface area contributed by atoms with Gasteiger partial charge in [0.05, 0.1) is 22.0 Å². The second kappa shape index (κ2) is 14.5. The Morgan fingerprint density at radius 2 is 1.56 bits per heavy atom. The molecule has 0 amide bonds. The van der Waals surface area contributed by atoms with Gasteiger partial charge in [0, 0.05) is 33.9 Å². The predicted molar refractivity (Wildman–Crippen MR) is 218 cm³/mol. The summed E-state index contributed by atoms with van der Waals surface area (Å²) in [6.45, 7) is 11.8. The first-order chi connectivity index (χ1) is 25.4. The van der Waals surface area contributed by atoms with E-state index in [1.54, 1.807) is 32.0 Å². The topological polar surface area (TPSA) is 169 Å². The maximum Gasteiger partial charge on any atom is 0.294 e. The summed E-state index contributed by atoms with van der Waals surface area (Å²) < 4.78 is 103. The Labute approximate surface area is 329 Å². The van der Waals surface area contributed by atoms with Crippen molar-refractivity contribution in [3.8, 4) is 0 Å². The zero-order valence-electron chi connectivity index (χ0n) is 31.6. The van der Waals surface area contributed by atoms with Crippen LogP contribution in [0, 0.1) is 11.3 Å². The van der Waals surface area contributed by atoms with Crippen molar-refractivity contribution in [1.82, 2.24) is 0 Å². The lowest BCUT2D eigenvalue weighted by Crippen LogP contribution is -2.38. The molecule has 2 aromatic rings. The molecular formula is C40H48ClN2O9S3+. The molecule has 11 nitrogen and oxygen atoms in total. The summed E-state index contributed by atoms with van der Waals surface area (Å²) >= 11 is 7.15. The molecule has 4 atom stereocenters. The van der Waals surface area contributed by atoms with E-state index in [9.17, 15) is 38.9 Å². The minimum atomic E-state index is -4.44. The molecule has 0 fully saturated rings. The third-order valence-corrected chi connectivity index (χ3v) is 14.6. The number of allylic oxidation sites excluding steroid dienone is 10. The van der Waals surface area contributed by atoms with Gasteiger partial charge in [0.1, 0.15) is 5.75 Å². The van der Waals surface area contributed by atoms with Crippen LogP contribution in [0.15, 0.2) is 106 Å². The van der Waals surface area contributed by atoms with Gasteiger partial charge in [-0.25, -0.2) is 4.58 Å². The van der Waals surface area contributed by atoms with Crippen molar-refractivity contribution in [2.75, 3.05) is 16.4 Å². The summed E-state index contributed by atoms with van der Waals surface area (Å²) in [5.41, 5.74) is 3.94. The Morgan fingerprint density at radius 3 is 2.22 bits per heavy atom. The summed E-state index contributed by atoms with van der Waals surface area (Å²) in [4.78, 5) is 1.65. The number of nitrogens with zero attached hydrogens (tertiary/aromatic N) is 2. The second-order valence-corrected chi connectivity index (χ2v) is 20.9. The molecule has 0 aromatic heterocycles. The van der Waals surface area contributed by atoms with Crippen LogP contribution in [0.5, 0.6) is 0 Å². The first-order valence-electron chi connectivity index (χ1n) is 18.2. The molecule has 0 saturated carbocycles. The number of rotatable bonds is 10. The van der Waals surface area contributed by atoms with Crippen molar-refractivity contribution in [1.29, 1.82) is 0 Å². The first-order valence-corrected chi connectivity index (χ1v) is 23.2. The van der Waals surface area contributed by atoms with Gasteiger partial charge in [-0.2, -0.15) is 25.3 Å². The van der Waals surface area contributed by atoms with Gasteiger partial charge >= 0.3 is 0 Å². The maximum atomic E-state index is 12.1. The Kier molecular flexibility index (Phi) is 10.9. The van der Waals surface area contributed by atoms with Gasteiger partial charge in [0.15, 0.2) is 17.8 Å². The fourth-order valence-electron chi connectivity index (χ4n) is 8.99. The van der Waals surface area contributed by atoms with Crippen LogP contribution in [0.4, 0.5) is 5.69 Å². The molecule has 3 N–H and O–H groups in total. The van der Waals surface area contributed by atoms with Crippen LogP contribution in [0.1, 0.15) is 66.4 Å². The van der Waals surface area contributed by atoms with Crippen LogP contribution in [-0.4, -0.2) is 78.8 Å². The average Bonchev–Trinajstić information content (AvgIpc) is 3.44. The average molecular weight is 832 g/mol. The van der Waals surface area contributed by atoms with E-state index in [-0.39, 0.29) is 22.3 Å². The van der Waals surface area contributed by atoms with E-state index in [1.807, 2.05) is 55.2 Å². The van der Waals surface area contributed by atoms with Crippen molar-refractivity contribution in [2.24, 2.45) is 11.3 Å². The SMILES string of the molecule is CC(CS(=O)(=O)O)N1/C(=C\C=C2/CCCC(/C=C/C3=[N+](C(C)CS(=O)(=O)O)C4C=CC=CC4C3(C)C)=C2Cl)C(C)(C)c2c1ccc1cc(S(=O)(=O)O)ccc21. The van der Waals surface area contributed by atoms with Crippen LogP contribution in [0.3, 0.4) is 0 Å². The smallest absolute Gasteiger partial charge is 0.294 e. The largest absolute Gasteiger partial charge is 0.340 e. The number of benzene rings is 2. The van der Waals surface area contributed by atoms with E-state index in [0.717, 1.165) is 46.3 Å². The highest BCUT2D eigenvalue weighted by Crippen LogP contribution is 2.52. The Morgan fingerprint density at radius 1 is 0.891 bits per heavy atom. The minimum absolute atomic E-state index is 0.0822. The monoisotopic (exact) mass is 831 g/mol. The van der Waals surface area contributed by atoms with Gasteiger partial charge in [-0.3, -0.25) is 13.7 Å². The molecular weight excluding hydrogens is 784 g/mol. The van der Waals surface area contributed by atoms with Crippen LogP contribution in [0.25, 0.3) is 10.8 Å². The number of hydrogen-bond donors (Lipinski definition) is 3. The Bertz CT molecular complexity index is 2510. The van der Waals surface area contributed by atoms with Crippen molar-refractivity contribution >= 4 is 64.1 Å². The molecule has 55 heavy (non-hydrogen) atoms. The molecule has 6 rings (SSSR count). The molecule has 0 spiro atoms. The number of halogens is 1. The molecule has 2 heterocycles. The van der Waals surface area contributed by atoms with E-state index < -0.39 is 59.4 Å². The van der Waals surface area contributed by atoms with Crippen LogP contribution in [-0.2, 0) is 35.8 Å². The van der Waals surface area contributed by atoms with E-state index in [2.05, 4.69) is 30.6 Å². The molecule has 296 valence electrons. The fraction of sp³-hybridized carbons (Fsp3) is 0.425. The lowest BCUT2D eigenvalue weighted by atomic mass is 9.73. The van der Waals surface area contributed by atoms with E-state index >= 15 is 0 Å². The number of anilines is 1. The highest BCUT2D eigenvalue weighted by Gasteiger charge is 2.54. The highest BCUT2D eigenvalue weighted by molar-refractivity contribution is 7.86. The molecule has 15 heteroatoms. The van der Waals surface area contributed by atoms with E-state index in [1.165, 1.54) is 12.1 Å². The molecule has 0 radical (unpaired) electrons. The van der Waals surface area contributed by atoms with Gasteiger partial charge in [0.2, 0.25) is 0 Å². The zero-order valence-corrected chi connectivity index (χ0v) is 34.8. The molecule has 2 aliphatic carbocycles. The van der Waals surface area contributed by atoms with Gasteiger partial charge in [0.25, 0.3) is 30.4 Å². The molecule has 2 aliphatic heterocycles. The molecule has 0 saturated heterocycles. The molecule has 2 aromatic carbocycles. The number of fused-ring (bicyclic) bond motifs is 4. The van der Waals surface area contributed by atoms with Gasteiger partial charge in [-0.05, 0) is 105 Å². The van der Waals surface area contributed by atoms with Crippen LogP contribution in [0.2, 0.25) is 0 Å². The Balaban J connectivity index is 1.43. The maximum absolute atomic E-state index is 12.1. The summed E-state index contributed by atoms with van der Waals surface area (Å²) in [6, 6.07) is 6.64. The molecule has 4 aliphatic rings. The van der Waals surface area contributed by atoms with Gasteiger partial charge < -0.3 is 4.90 Å². The standard InChI is InChI=1S/C40H47ClN2O9S3/c1-25(23-53(44,45)46)42-33-13-8-7-12-32(33)39(3,4)35(42)20-15-27-10-9-11-28(38(27)41)16-21-36-40(5,6)37-31-18-17-30(55(50,51)52)22-29(31)14-19-34(37)43(36)26(2)24-54(47,48)49/h7-8,12-22,25-26,32-33H,9-11,23-24H2,1-6H3,(H2-,44,45,46,47,48,49,50,51,52)/p+1. The lowest BCUT2D eigenvalue weighted by molar-refractivity contribution is -0.578. The normalized spacial score (nSPS) is 25.1. The summed E-state index contributed by atoms with van der Waals surface area (Å²) in [5.74, 6) is -0.854. The fourth-order valence-corrected chi connectivity index (χ4v) is 11.4.